The number of nitrogens with one attached hydrogen (secondary N) is 1. The molecule has 0 aromatic heterocycles. The second kappa shape index (κ2) is 9.56. The number of carbonyl (C=O) groups excluding carboxylic acids is 1. The van der Waals surface area contributed by atoms with E-state index in [1.807, 2.05) is 26.8 Å². The van der Waals surface area contributed by atoms with Gasteiger partial charge in [-0.2, -0.15) is 0 Å². The van der Waals surface area contributed by atoms with Gasteiger partial charge in [-0.05, 0) is 49.8 Å². The summed E-state index contributed by atoms with van der Waals surface area (Å²) in [5.74, 6) is 1.54. The van der Waals surface area contributed by atoms with Crippen molar-refractivity contribution in [3.05, 3.63) is 29.3 Å². The molecule has 0 radical (unpaired) electrons. The third-order valence-electron chi connectivity index (χ3n) is 3.93. The van der Waals surface area contributed by atoms with Gasteiger partial charge in [-0.25, -0.2) is 0 Å². The smallest absolute Gasteiger partial charge is 0.220 e. The van der Waals surface area contributed by atoms with Gasteiger partial charge in [-0.3, -0.25) is 4.79 Å². The highest BCUT2D eigenvalue weighted by molar-refractivity contribution is 5.76. The van der Waals surface area contributed by atoms with Gasteiger partial charge in [-0.1, -0.05) is 26.0 Å². The Morgan fingerprint density at radius 3 is 2.43 bits per heavy atom. The van der Waals surface area contributed by atoms with Gasteiger partial charge in [0, 0.05) is 13.0 Å². The molecule has 23 heavy (non-hydrogen) atoms. The Labute approximate surface area is 140 Å². The SMILES string of the molecule is COc1ccc(C(CC(=O)NCCOC(C)C)C(C)C)cc1C. The van der Waals surface area contributed by atoms with Crippen molar-refractivity contribution >= 4 is 5.91 Å². The molecule has 0 aliphatic heterocycles. The molecule has 1 aromatic rings. The number of benzene rings is 1. The first-order valence-corrected chi connectivity index (χ1v) is 8.38. The lowest BCUT2D eigenvalue weighted by atomic mass is 9.85. The lowest BCUT2D eigenvalue weighted by molar-refractivity contribution is -0.122. The number of aryl methyl sites for hydroxylation is 1. The Kier molecular flexibility index (Phi) is 8.10. The number of methoxy groups -OCH3 is 1. The zero-order valence-corrected chi connectivity index (χ0v) is 15.3. The first-order chi connectivity index (χ1) is 10.8. The first kappa shape index (κ1) is 19.5. The highest BCUT2D eigenvalue weighted by Gasteiger charge is 2.20. The van der Waals surface area contributed by atoms with Gasteiger partial charge >= 0.3 is 0 Å². The maximum atomic E-state index is 12.2. The van der Waals surface area contributed by atoms with Crippen LogP contribution in [-0.2, 0) is 9.53 Å². The summed E-state index contributed by atoms with van der Waals surface area (Å²) < 4.78 is 10.8. The number of hydrogen-bond donors (Lipinski definition) is 1. The fourth-order valence-corrected chi connectivity index (χ4v) is 2.63. The largest absolute Gasteiger partial charge is 0.496 e. The number of hydrogen-bond acceptors (Lipinski definition) is 3. The maximum absolute atomic E-state index is 12.2. The molecule has 1 rings (SSSR count). The lowest BCUT2D eigenvalue weighted by Crippen LogP contribution is -2.30. The Morgan fingerprint density at radius 2 is 1.91 bits per heavy atom. The van der Waals surface area contributed by atoms with Crippen LogP contribution in [0.2, 0.25) is 0 Å². The van der Waals surface area contributed by atoms with E-state index in [1.54, 1.807) is 7.11 Å². The maximum Gasteiger partial charge on any atom is 0.220 e. The quantitative estimate of drug-likeness (QED) is 0.706. The van der Waals surface area contributed by atoms with Crippen molar-refractivity contribution in [2.75, 3.05) is 20.3 Å². The van der Waals surface area contributed by atoms with E-state index in [4.69, 9.17) is 9.47 Å². The fourth-order valence-electron chi connectivity index (χ4n) is 2.63. The van der Waals surface area contributed by atoms with E-state index in [0.29, 0.717) is 25.5 Å². The molecule has 0 bridgehead atoms. The molecule has 0 heterocycles. The lowest BCUT2D eigenvalue weighted by Gasteiger charge is -2.22. The molecule has 1 N–H and O–H groups in total. The zero-order valence-electron chi connectivity index (χ0n) is 15.3. The van der Waals surface area contributed by atoms with Gasteiger partial charge in [0.1, 0.15) is 5.75 Å². The Morgan fingerprint density at radius 1 is 1.22 bits per heavy atom. The summed E-state index contributed by atoms with van der Waals surface area (Å²) in [6.07, 6.45) is 0.683. The van der Waals surface area contributed by atoms with Crippen LogP contribution in [0.5, 0.6) is 5.75 Å². The second-order valence-electron chi connectivity index (χ2n) is 6.55. The van der Waals surface area contributed by atoms with E-state index in [0.717, 1.165) is 11.3 Å². The molecule has 0 fully saturated rings. The van der Waals surface area contributed by atoms with E-state index in [1.165, 1.54) is 5.56 Å². The predicted molar refractivity (Wildman–Crippen MR) is 94.0 cm³/mol. The molecule has 0 saturated heterocycles. The topological polar surface area (TPSA) is 47.6 Å². The van der Waals surface area contributed by atoms with Crippen LogP contribution >= 0.6 is 0 Å². The van der Waals surface area contributed by atoms with Crippen LogP contribution in [-0.4, -0.2) is 32.3 Å². The predicted octanol–water partition coefficient (Wildman–Crippen LogP) is 3.67. The molecule has 130 valence electrons. The van der Waals surface area contributed by atoms with Crippen LogP contribution in [0.3, 0.4) is 0 Å². The average Bonchev–Trinajstić information content (AvgIpc) is 2.48. The van der Waals surface area contributed by atoms with Crippen molar-refractivity contribution in [1.82, 2.24) is 5.32 Å². The highest BCUT2D eigenvalue weighted by Crippen LogP contribution is 2.31. The van der Waals surface area contributed by atoms with Gasteiger partial charge in [0.2, 0.25) is 5.91 Å². The molecule has 1 aromatic carbocycles. The van der Waals surface area contributed by atoms with Crippen molar-refractivity contribution in [2.45, 2.75) is 53.1 Å². The van der Waals surface area contributed by atoms with Gasteiger partial charge < -0.3 is 14.8 Å². The Bertz CT molecular complexity index is 497. The minimum atomic E-state index is 0.0736. The number of ether oxygens (including phenoxy) is 2. The molecule has 1 unspecified atom stereocenters. The van der Waals surface area contributed by atoms with E-state index >= 15 is 0 Å². The number of carbonyl (C=O) groups is 1. The summed E-state index contributed by atoms with van der Waals surface area (Å²) >= 11 is 0. The Balaban J connectivity index is 2.65. The van der Waals surface area contributed by atoms with Crippen molar-refractivity contribution < 1.29 is 14.3 Å². The molecule has 1 atom stereocenters. The van der Waals surface area contributed by atoms with Crippen LogP contribution in [0.25, 0.3) is 0 Å². The Hall–Kier alpha value is -1.55. The number of amides is 1. The normalized spacial score (nSPS) is 12.5. The molecular formula is C19H31NO3. The summed E-state index contributed by atoms with van der Waals surface area (Å²) in [7, 11) is 1.68. The molecular weight excluding hydrogens is 290 g/mol. The zero-order chi connectivity index (χ0) is 17.4. The first-order valence-electron chi connectivity index (χ1n) is 8.38. The minimum Gasteiger partial charge on any atom is -0.496 e. The van der Waals surface area contributed by atoms with Crippen molar-refractivity contribution in [1.29, 1.82) is 0 Å². The van der Waals surface area contributed by atoms with Gasteiger partial charge in [0.25, 0.3) is 0 Å². The van der Waals surface area contributed by atoms with E-state index in [2.05, 4.69) is 31.3 Å². The van der Waals surface area contributed by atoms with Gasteiger partial charge in [0.05, 0.1) is 19.8 Å². The third-order valence-corrected chi connectivity index (χ3v) is 3.93. The minimum absolute atomic E-state index is 0.0736. The number of rotatable bonds is 9. The third kappa shape index (κ3) is 6.61. The van der Waals surface area contributed by atoms with Gasteiger partial charge in [-0.15, -0.1) is 0 Å². The molecule has 0 aliphatic carbocycles. The van der Waals surface area contributed by atoms with Crippen LogP contribution in [0.15, 0.2) is 18.2 Å². The summed E-state index contributed by atoms with van der Waals surface area (Å²) in [5, 5.41) is 2.94. The molecule has 4 heteroatoms. The van der Waals surface area contributed by atoms with E-state index < -0.39 is 0 Å². The van der Waals surface area contributed by atoms with E-state index in [-0.39, 0.29) is 17.9 Å². The average molecular weight is 321 g/mol. The second-order valence-corrected chi connectivity index (χ2v) is 6.55. The van der Waals surface area contributed by atoms with Crippen LogP contribution in [0, 0.1) is 12.8 Å². The van der Waals surface area contributed by atoms with Crippen LogP contribution in [0.4, 0.5) is 0 Å². The van der Waals surface area contributed by atoms with Crippen molar-refractivity contribution in [2.24, 2.45) is 5.92 Å². The summed E-state index contributed by atoms with van der Waals surface area (Å²) in [5.41, 5.74) is 2.29. The molecule has 1 amide bonds. The summed E-state index contributed by atoms with van der Waals surface area (Å²) in [4.78, 5) is 12.2. The standard InChI is InChI=1S/C19H31NO3/c1-13(2)17(12-19(21)20-9-10-23-14(3)4)16-7-8-18(22-6)15(5)11-16/h7-8,11,13-14,17H,9-10,12H2,1-6H3,(H,20,21). The van der Waals surface area contributed by atoms with Crippen molar-refractivity contribution in [3.8, 4) is 5.75 Å². The molecule has 0 saturated carbocycles. The fraction of sp³-hybridized carbons (Fsp3) is 0.632. The highest BCUT2D eigenvalue weighted by atomic mass is 16.5. The molecule has 0 spiro atoms. The van der Waals surface area contributed by atoms with Gasteiger partial charge in [0.15, 0.2) is 0 Å². The summed E-state index contributed by atoms with van der Waals surface area (Å²) in [6, 6.07) is 6.17. The van der Waals surface area contributed by atoms with E-state index in [9.17, 15) is 4.79 Å². The van der Waals surface area contributed by atoms with Crippen molar-refractivity contribution in [3.63, 3.8) is 0 Å². The molecule has 0 aliphatic rings. The van der Waals surface area contributed by atoms with Crippen LogP contribution < -0.4 is 10.1 Å². The monoisotopic (exact) mass is 321 g/mol. The van der Waals surface area contributed by atoms with Crippen LogP contribution in [0.1, 0.15) is 51.2 Å². The molecule has 4 nitrogen and oxygen atoms in total. The summed E-state index contributed by atoms with van der Waals surface area (Å²) in [6.45, 7) is 11.4.